The van der Waals surface area contributed by atoms with Crippen LogP contribution in [0.2, 0.25) is 0 Å². The van der Waals surface area contributed by atoms with Gasteiger partial charge in [0.1, 0.15) is 5.60 Å². The van der Waals surface area contributed by atoms with Crippen LogP contribution in [0.15, 0.2) is 0 Å². The van der Waals surface area contributed by atoms with Gasteiger partial charge < -0.3 is 15.2 Å². The minimum absolute atomic E-state index is 0.0465. The number of hydrogen-bond donors (Lipinski definition) is 2. The molecule has 1 aliphatic rings. The van der Waals surface area contributed by atoms with Crippen LogP contribution in [-0.2, 0) is 22.6 Å². The maximum absolute atomic E-state index is 14.0. The topological polar surface area (TPSA) is 76.4 Å². The van der Waals surface area contributed by atoms with Crippen LogP contribution < -0.4 is 5.32 Å². The van der Waals surface area contributed by atoms with Crippen LogP contribution in [0.3, 0.4) is 0 Å². The lowest BCUT2D eigenvalue weighted by Crippen LogP contribution is -2.60. The van der Waals surface area contributed by atoms with Gasteiger partial charge in [0.05, 0.1) is 18.8 Å². The summed E-state index contributed by atoms with van der Waals surface area (Å²) in [7, 11) is 1.58. The van der Waals surface area contributed by atoms with Gasteiger partial charge in [-0.3, -0.25) is 9.48 Å². The maximum Gasteiger partial charge on any atom is 0.352 e. The third-order valence-corrected chi connectivity index (χ3v) is 4.51. The molecule has 0 radical (unpaired) electrons. The van der Waals surface area contributed by atoms with Gasteiger partial charge in [0.15, 0.2) is 0 Å². The van der Waals surface area contributed by atoms with Crippen molar-refractivity contribution in [2.24, 2.45) is 0 Å². The van der Waals surface area contributed by atoms with E-state index in [0.717, 1.165) is 5.69 Å². The summed E-state index contributed by atoms with van der Waals surface area (Å²) in [5.41, 5.74) is -0.0370. The summed E-state index contributed by atoms with van der Waals surface area (Å²) in [4.78, 5) is 11.8. The Kier molecular flexibility index (Phi) is 5.05. The quantitative estimate of drug-likeness (QED) is 0.790. The number of amides is 1. The number of methoxy groups -OCH3 is 1. The number of nitrogens with zero attached hydrogens (tertiary/aromatic N) is 2. The Labute approximate surface area is 133 Å². The number of alkyl halides is 2. The molecule has 0 aliphatic heterocycles. The van der Waals surface area contributed by atoms with Gasteiger partial charge in [-0.2, -0.15) is 13.9 Å². The number of hydrogen-bond acceptors (Lipinski definition) is 4. The van der Waals surface area contributed by atoms with Crippen LogP contribution in [0.4, 0.5) is 8.78 Å². The Morgan fingerprint density at radius 2 is 2.13 bits per heavy atom. The van der Waals surface area contributed by atoms with Crippen molar-refractivity contribution >= 4 is 5.91 Å². The molecule has 8 heteroatoms. The van der Waals surface area contributed by atoms with Crippen LogP contribution in [0.1, 0.15) is 36.2 Å². The maximum atomic E-state index is 14.0. The van der Waals surface area contributed by atoms with E-state index in [9.17, 15) is 18.7 Å². The lowest BCUT2D eigenvalue weighted by molar-refractivity contribution is -0.216. The molecule has 6 nitrogen and oxygen atoms in total. The molecule has 0 bridgehead atoms. The second-order valence-electron chi connectivity index (χ2n) is 6.01. The summed E-state index contributed by atoms with van der Waals surface area (Å²) < 4.78 is 34.8. The van der Waals surface area contributed by atoms with Gasteiger partial charge in [-0.05, 0) is 33.1 Å². The van der Waals surface area contributed by atoms with Gasteiger partial charge in [0.2, 0.25) is 0 Å². The molecule has 1 amide bonds. The number of aliphatic hydroxyl groups is 1. The van der Waals surface area contributed by atoms with Crippen LogP contribution in [0.5, 0.6) is 0 Å². The first-order valence-electron chi connectivity index (χ1n) is 7.63. The summed E-state index contributed by atoms with van der Waals surface area (Å²) in [6, 6.07) is 0. The summed E-state index contributed by atoms with van der Waals surface area (Å²) in [5.74, 6) is -5.22. The lowest BCUT2D eigenvalue weighted by Gasteiger charge is -2.41. The highest BCUT2D eigenvalue weighted by molar-refractivity contribution is 5.85. The average molecular weight is 331 g/mol. The Balaban J connectivity index is 2.03. The zero-order valence-corrected chi connectivity index (χ0v) is 13.7. The zero-order chi connectivity index (χ0) is 17.3. The Morgan fingerprint density at radius 3 is 2.65 bits per heavy atom. The number of nitrogens with one attached hydrogen (secondary N) is 1. The molecule has 2 N–H and O–H groups in total. The van der Waals surface area contributed by atoms with E-state index in [2.05, 4.69) is 10.4 Å². The van der Waals surface area contributed by atoms with Crippen molar-refractivity contribution in [3.63, 3.8) is 0 Å². The Morgan fingerprint density at radius 1 is 1.48 bits per heavy atom. The number of carbonyl (C=O) groups excluding carboxylic acids is 1. The summed E-state index contributed by atoms with van der Waals surface area (Å²) in [6.07, 6.45) is 0.394. The van der Waals surface area contributed by atoms with E-state index in [1.165, 1.54) is 0 Å². The zero-order valence-electron chi connectivity index (χ0n) is 13.7. The second kappa shape index (κ2) is 6.52. The van der Waals surface area contributed by atoms with Crippen LogP contribution in [0.25, 0.3) is 0 Å². The molecule has 1 aromatic heterocycles. The summed E-state index contributed by atoms with van der Waals surface area (Å²) in [5, 5.41) is 16.3. The van der Waals surface area contributed by atoms with E-state index in [4.69, 9.17) is 4.74 Å². The Hall–Kier alpha value is -1.54. The Bertz CT molecular complexity index is 583. The molecule has 0 unspecified atom stereocenters. The van der Waals surface area contributed by atoms with E-state index >= 15 is 0 Å². The molecule has 1 aromatic rings. The fraction of sp³-hybridized carbons (Fsp3) is 0.733. The molecule has 0 aromatic carbocycles. The first-order valence-corrected chi connectivity index (χ1v) is 7.63. The predicted molar refractivity (Wildman–Crippen MR) is 79.2 cm³/mol. The van der Waals surface area contributed by atoms with E-state index < -0.39 is 17.4 Å². The molecular weight excluding hydrogens is 308 g/mol. The molecule has 23 heavy (non-hydrogen) atoms. The van der Waals surface area contributed by atoms with Crippen molar-refractivity contribution in [1.29, 1.82) is 0 Å². The summed E-state index contributed by atoms with van der Waals surface area (Å²) in [6.45, 7) is 4.56. The molecule has 130 valence electrons. The highest BCUT2D eigenvalue weighted by Gasteiger charge is 2.61. The smallest absolute Gasteiger partial charge is 0.352 e. The second-order valence-corrected chi connectivity index (χ2v) is 6.01. The molecule has 1 saturated carbocycles. The van der Waals surface area contributed by atoms with Gasteiger partial charge >= 0.3 is 5.92 Å². The van der Waals surface area contributed by atoms with Crippen molar-refractivity contribution < 1.29 is 23.4 Å². The van der Waals surface area contributed by atoms with Crippen molar-refractivity contribution in [1.82, 2.24) is 15.1 Å². The molecule has 1 heterocycles. The van der Waals surface area contributed by atoms with E-state index in [0.29, 0.717) is 30.8 Å². The van der Waals surface area contributed by atoms with Crippen LogP contribution in [0, 0.1) is 13.8 Å². The summed E-state index contributed by atoms with van der Waals surface area (Å²) >= 11 is 0. The molecule has 1 fully saturated rings. The molecule has 1 aliphatic carbocycles. The number of halogens is 2. The SMILES string of the molecule is COCCn1nc(C)c(CNC(=O)C(F)(F)C2(O)CCC2)c1C. The molecule has 0 saturated heterocycles. The number of aryl methyl sites for hydroxylation is 1. The standard InChI is InChI=1S/C15H23F2N3O3/c1-10-12(11(2)20(19-10)7-8-23-3)9-18-13(21)15(16,17)14(22)5-4-6-14/h22H,4-9H2,1-3H3,(H,18,21). The van der Waals surface area contributed by atoms with Crippen molar-refractivity contribution in [2.45, 2.75) is 57.7 Å². The van der Waals surface area contributed by atoms with Gasteiger partial charge in [0.25, 0.3) is 5.91 Å². The first kappa shape index (κ1) is 17.8. The van der Waals surface area contributed by atoms with Crippen LogP contribution in [-0.4, -0.2) is 46.0 Å². The third kappa shape index (κ3) is 3.23. The monoisotopic (exact) mass is 331 g/mol. The molecule has 0 atom stereocenters. The average Bonchev–Trinajstić information content (AvgIpc) is 2.74. The minimum Gasteiger partial charge on any atom is -0.383 e. The fourth-order valence-corrected chi connectivity index (χ4v) is 2.70. The fourth-order valence-electron chi connectivity index (χ4n) is 2.70. The predicted octanol–water partition coefficient (Wildman–Crippen LogP) is 1.31. The van der Waals surface area contributed by atoms with Gasteiger partial charge in [-0.25, -0.2) is 0 Å². The lowest BCUT2D eigenvalue weighted by atomic mass is 9.75. The van der Waals surface area contributed by atoms with Crippen LogP contribution >= 0.6 is 0 Å². The highest BCUT2D eigenvalue weighted by atomic mass is 19.3. The molecular formula is C15H23F2N3O3. The van der Waals surface area contributed by atoms with Crippen molar-refractivity contribution in [2.75, 3.05) is 13.7 Å². The first-order chi connectivity index (χ1) is 10.7. The minimum atomic E-state index is -3.78. The van der Waals surface area contributed by atoms with Gasteiger partial charge in [-0.15, -0.1) is 0 Å². The number of carbonyl (C=O) groups is 1. The van der Waals surface area contributed by atoms with Gasteiger partial charge in [0, 0.05) is 24.9 Å². The normalized spacial score (nSPS) is 17.0. The molecule has 0 spiro atoms. The number of aromatic nitrogens is 2. The van der Waals surface area contributed by atoms with E-state index in [1.807, 2.05) is 6.92 Å². The molecule has 2 rings (SSSR count). The number of ether oxygens (including phenoxy) is 1. The van der Waals surface area contributed by atoms with Crippen molar-refractivity contribution in [3.05, 3.63) is 17.0 Å². The van der Waals surface area contributed by atoms with Gasteiger partial charge in [-0.1, -0.05) is 0 Å². The van der Waals surface area contributed by atoms with E-state index in [1.54, 1.807) is 18.7 Å². The largest absolute Gasteiger partial charge is 0.383 e. The van der Waals surface area contributed by atoms with E-state index in [-0.39, 0.29) is 19.4 Å². The van der Waals surface area contributed by atoms with Crippen molar-refractivity contribution in [3.8, 4) is 0 Å². The highest BCUT2D eigenvalue weighted by Crippen LogP contribution is 2.44. The number of rotatable bonds is 7. The third-order valence-electron chi connectivity index (χ3n) is 4.51.